The second-order valence-electron chi connectivity index (χ2n) is 10.5. The fourth-order valence-corrected chi connectivity index (χ4v) is 6.77. The van der Waals surface area contributed by atoms with Crippen LogP contribution in [0.25, 0.3) is 29.1 Å². The third-order valence-corrected chi connectivity index (χ3v) is 8.94. The summed E-state index contributed by atoms with van der Waals surface area (Å²) in [6, 6.07) is 6.48. The van der Waals surface area contributed by atoms with Gasteiger partial charge in [0.1, 0.15) is 5.69 Å². The summed E-state index contributed by atoms with van der Waals surface area (Å²) >= 11 is 1.75. The van der Waals surface area contributed by atoms with Gasteiger partial charge in [0.05, 0.1) is 11.0 Å². The topological polar surface area (TPSA) is 44.5 Å². The van der Waals surface area contributed by atoms with Crippen LogP contribution in [0.15, 0.2) is 78.3 Å². The van der Waals surface area contributed by atoms with Gasteiger partial charge in [0.2, 0.25) is 0 Å². The van der Waals surface area contributed by atoms with E-state index in [1.54, 1.807) is 11.3 Å². The molecule has 0 aliphatic heterocycles. The number of rotatable bonds is 9. The maximum absolute atomic E-state index is 4.76. The number of aromatic amines is 2. The lowest BCUT2D eigenvalue weighted by atomic mass is 9.83. The van der Waals surface area contributed by atoms with Gasteiger partial charge < -0.3 is 4.98 Å². The Bertz CT molecular complexity index is 1500. The highest BCUT2D eigenvalue weighted by atomic mass is 32.1. The van der Waals surface area contributed by atoms with Crippen molar-refractivity contribution in [3.63, 3.8) is 0 Å². The van der Waals surface area contributed by atoms with Crippen molar-refractivity contribution in [2.24, 2.45) is 11.8 Å². The molecular weight excluding hydrogens is 482 g/mol. The minimum absolute atomic E-state index is 0.322. The molecule has 4 heteroatoms. The van der Waals surface area contributed by atoms with Gasteiger partial charge >= 0.3 is 0 Å². The van der Waals surface area contributed by atoms with Crippen molar-refractivity contribution in [3.05, 3.63) is 105 Å². The summed E-state index contributed by atoms with van der Waals surface area (Å²) in [6.07, 6.45) is 24.4. The maximum atomic E-state index is 4.76. The number of aromatic nitrogens is 3. The highest BCUT2D eigenvalue weighted by Crippen LogP contribution is 2.33. The monoisotopic (exact) mass is 521 g/mol. The summed E-state index contributed by atoms with van der Waals surface area (Å²) in [6.45, 7) is 12.4. The molecular formula is C34H39N3S. The number of hydrogen-bond acceptors (Lipinski definition) is 2. The van der Waals surface area contributed by atoms with Crippen LogP contribution in [0.1, 0.15) is 68.0 Å². The SMILES string of the molecule is C=C/C=C(/c1cccs1)c1cc(-c2n[nH]c3c2=CC(C(/C=C(\C=C)CC2CCCCC2)=C/C)CC=3)[nH]c1C. The number of aryl methyl sites for hydroxylation is 1. The summed E-state index contributed by atoms with van der Waals surface area (Å²) in [7, 11) is 0. The van der Waals surface area contributed by atoms with Crippen LogP contribution in [0.4, 0.5) is 0 Å². The summed E-state index contributed by atoms with van der Waals surface area (Å²) < 4.78 is 0. The van der Waals surface area contributed by atoms with Gasteiger partial charge in [0.25, 0.3) is 0 Å². The Labute approximate surface area is 230 Å². The summed E-state index contributed by atoms with van der Waals surface area (Å²) in [5, 5.41) is 12.4. The largest absolute Gasteiger partial charge is 0.357 e. The molecule has 0 spiro atoms. The molecule has 38 heavy (non-hydrogen) atoms. The van der Waals surface area contributed by atoms with Crippen molar-refractivity contribution in [3.8, 4) is 11.4 Å². The Balaban J connectivity index is 1.46. The number of thiophene rings is 1. The lowest BCUT2D eigenvalue weighted by Crippen LogP contribution is -2.29. The van der Waals surface area contributed by atoms with E-state index in [0.717, 1.165) is 41.2 Å². The Morgan fingerprint density at radius 3 is 2.76 bits per heavy atom. The third kappa shape index (κ3) is 5.56. The molecule has 1 atom stereocenters. The third-order valence-electron chi connectivity index (χ3n) is 8.03. The molecule has 1 saturated carbocycles. The zero-order valence-electron chi connectivity index (χ0n) is 22.7. The van der Waals surface area contributed by atoms with E-state index in [1.165, 1.54) is 64.5 Å². The Hall–Kier alpha value is -3.37. The predicted octanol–water partition coefficient (Wildman–Crippen LogP) is 8.00. The lowest BCUT2D eigenvalue weighted by molar-refractivity contribution is 0.357. The van der Waals surface area contributed by atoms with Crippen molar-refractivity contribution in [2.75, 3.05) is 0 Å². The van der Waals surface area contributed by atoms with E-state index in [9.17, 15) is 0 Å². The minimum Gasteiger partial charge on any atom is -0.357 e. The van der Waals surface area contributed by atoms with Gasteiger partial charge in [-0.25, -0.2) is 0 Å². The second kappa shape index (κ2) is 12.0. The van der Waals surface area contributed by atoms with Gasteiger partial charge in [-0.15, -0.1) is 11.3 Å². The standard InChI is InChI=1S/C34H39N3S/c1-5-12-28(33-15-11-18-38-33)29-22-32(35-23(29)4)34-30-21-27(16-17-31(30)36-37-34)26(7-3)20-24(6-2)19-25-13-9-8-10-14-25/h5-7,11-12,15,17-18,20-22,25,27,35-36H,1-2,8-10,13-14,16,19H2,3-4H3/b24-20+,26-7+,28-12+. The molecule has 3 aromatic heterocycles. The first kappa shape index (κ1) is 26.2. The van der Waals surface area contributed by atoms with Crippen LogP contribution >= 0.6 is 11.3 Å². The molecule has 5 rings (SSSR count). The number of H-pyrrole nitrogens is 2. The highest BCUT2D eigenvalue weighted by Gasteiger charge is 2.20. The molecule has 0 saturated heterocycles. The van der Waals surface area contributed by atoms with Crippen LogP contribution in [0, 0.1) is 18.8 Å². The normalized spacial score (nSPS) is 19.0. The molecule has 2 aliphatic rings. The van der Waals surface area contributed by atoms with Gasteiger partial charge in [-0.05, 0) is 61.3 Å². The van der Waals surface area contributed by atoms with Crippen LogP contribution in [0.2, 0.25) is 0 Å². The Kier molecular flexibility index (Phi) is 8.29. The maximum Gasteiger partial charge on any atom is 0.116 e. The number of nitrogens with zero attached hydrogens (tertiary/aromatic N) is 1. The molecule has 3 aromatic rings. The first-order chi connectivity index (χ1) is 18.6. The van der Waals surface area contributed by atoms with E-state index in [1.807, 2.05) is 6.08 Å². The first-order valence-electron chi connectivity index (χ1n) is 13.9. The van der Waals surface area contributed by atoms with E-state index in [-0.39, 0.29) is 0 Å². The zero-order chi connectivity index (χ0) is 26.5. The number of hydrogen-bond donors (Lipinski definition) is 2. The fourth-order valence-electron chi connectivity index (χ4n) is 6.00. The van der Waals surface area contributed by atoms with E-state index in [4.69, 9.17) is 5.10 Å². The van der Waals surface area contributed by atoms with Crippen LogP contribution in [0.3, 0.4) is 0 Å². The van der Waals surface area contributed by atoms with Crippen LogP contribution < -0.4 is 10.6 Å². The smallest absolute Gasteiger partial charge is 0.116 e. The molecule has 2 N–H and O–H groups in total. The molecule has 0 amide bonds. The van der Waals surface area contributed by atoms with Crippen molar-refractivity contribution in [1.82, 2.24) is 15.2 Å². The molecule has 2 aliphatic carbocycles. The summed E-state index contributed by atoms with van der Waals surface area (Å²) in [5.41, 5.74) is 8.25. The highest BCUT2D eigenvalue weighted by molar-refractivity contribution is 7.11. The van der Waals surface area contributed by atoms with E-state index in [2.05, 4.69) is 97.1 Å². The van der Waals surface area contributed by atoms with Crippen LogP contribution in [0.5, 0.6) is 0 Å². The van der Waals surface area contributed by atoms with Gasteiger partial charge in [-0.1, -0.05) is 93.9 Å². The fraction of sp³-hybridized carbons (Fsp3) is 0.324. The summed E-state index contributed by atoms with van der Waals surface area (Å²) in [5.74, 6) is 1.13. The quantitative estimate of drug-likeness (QED) is 0.275. The molecule has 3 heterocycles. The number of allylic oxidation sites excluding steroid dienone is 7. The Morgan fingerprint density at radius 1 is 1.21 bits per heavy atom. The van der Waals surface area contributed by atoms with Crippen LogP contribution in [-0.4, -0.2) is 15.2 Å². The van der Waals surface area contributed by atoms with Crippen molar-refractivity contribution >= 4 is 29.1 Å². The van der Waals surface area contributed by atoms with Crippen molar-refractivity contribution in [2.45, 2.75) is 58.8 Å². The summed E-state index contributed by atoms with van der Waals surface area (Å²) in [4.78, 5) is 4.85. The van der Waals surface area contributed by atoms with Gasteiger partial charge in [-0.3, -0.25) is 5.10 Å². The lowest BCUT2D eigenvalue weighted by Gasteiger charge is -2.22. The predicted molar refractivity (Wildman–Crippen MR) is 164 cm³/mol. The average Bonchev–Trinajstić information content (AvgIpc) is 3.70. The molecule has 0 aromatic carbocycles. The average molecular weight is 522 g/mol. The van der Waals surface area contributed by atoms with Gasteiger partial charge in [0.15, 0.2) is 0 Å². The van der Waals surface area contributed by atoms with Crippen molar-refractivity contribution < 1.29 is 0 Å². The van der Waals surface area contributed by atoms with Gasteiger partial charge in [0, 0.05) is 32.8 Å². The van der Waals surface area contributed by atoms with Crippen LogP contribution in [-0.2, 0) is 0 Å². The van der Waals surface area contributed by atoms with E-state index in [0.29, 0.717) is 5.92 Å². The molecule has 1 unspecified atom stereocenters. The first-order valence-corrected chi connectivity index (χ1v) is 14.8. The molecule has 1 fully saturated rings. The molecule has 0 bridgehead atoms. The van der Waals surface area contributed by atoms with E-state index >= 15 is 0 Å². The van der Waals surface area contributed by atoms with E-state index < -0.39 is 0 Å². The number of fused-ring (bicyclic) bond motifs is 1. The Morgan fingerprint density at radius 2 is 2.05 bits per heavy atom. The van der Waals surface area contributed by atoms with Gasteiger partial charge in [-0.2, -0.15) is 5.10 Å². The molecule has 196 valence electrons. The molecule has 0 radical (unpaired) electrons. The minimum atomic E-state index is 0.322. The number of nitrogens with one attached hydrogen (secondary N) is 2. The zero-order valence-corrected chi connectivity index (χ0v) is 23.5. The molecule has 3 nitrogen and oxygen atoms in total. The second-order valence-corrected chi connectivity index (χ2v) is 11.5. The van der Waals surface area contributed by atoms with Crippen molar-refractivity contribution in [1.29, 1.82) is 0 Å².